The van der Waals surface area contributed by atoms with Crippen LogP contribution in [0.5, 0.6) is 0 Å². The molecular weight excluding hydrogens is 112 g/mol. The molecular formula is C8H17O. The molecule has 0 aromatic rings. The van der Waals surface area contributed by atoms with E-state index in [4.69, 9.17) is 0 Å². The van der Waals surface area contributed by atoms with Crippen molar-refractivity contribution >= 4 is 0 Å². The summed E-state index contributed by atoms with van der Waals surface area (Å²) in [5, 5.41) is 10.4. The van der Waals surface area contributed by atoms with Crippen LogP contribution in [-0.4, -0.2) is 6.61 Å². The lowest BCUT2D eigenvalue weighted by Crippen LogP contribution is -2.02. The summed E-state index contributed by atoms with van der Waals surface area (Å²) < 4.78 is 0. The normalized spacial score (nSPS) is 13.7. The van der Waals surface area contributed by atoms with Crippen LogP contribution < -0.4 is 0 Å². The zero-order valence-corrected chi connectivity index (χ0v) is 6.52. The molecule has 0 rings (SSSR count). The number of hydrogen-bond acceptors (Lipinski definition) is 0. The minimum absolute atomic E-state index is 0.122. The van der Waals surface area contributed by atoms with Gasteiger partial charge in [0.2, 0.25) is 0 Å². The van der Waals surface area contributed by atoms with Crippen LogP contribution in [0.1, 0.15) is 39.5 Å². The van der Waals surface area contributed by atoms with Crippen LogP contribution in [0.25, 0.3) is 0 Å². The van der Waals surface area contributed by atoms with Crippen molar-refractivity contribution in [3.8, 4) is 0 Å². The quantitative estimate of drug-likeness (QED) is 0.544. The largest absolute Gasteiger partial charge is 0.236 e. The minimum Gasteiger partial charge on any atom is -0.236 e. The van der Waals surface area contributed by atoms with Crippen LogP contribution in [0.3, 0.4) is 0 Å². The molecule has 1 radical (unpaired) electrons. The molecule has 0 saturated carbocycles. The molecule has 9 heavy (non-hydrogen) atoms. The Balaban J connectivity index is 3.09. The van der Waals surface area contributed by atoms with Gasteiger partial charge in [0.1, 0.15) is 0 Å². The smallest absolute Gasteiger partial charge is 0.0850 e. The van der Waals surface area contributed by atoms with Crippen molar-refractivity contribution in [1.29, 1.82) is 0 Å². The Morgan fingerprint density at radius 2 is 2.00 bits per heavy atom. The van der Waals surface area contributed by atoms with Gasteiger partial charge in [-0.05, 0) is 12.3 Å². The van der Waals surface area contributed by atoms with Gasteiger partial charge >= 0.3 is 0 Å². The second-order valence-corrected chi connectivity index (χ2v) is 2.58. The highest BCUT2D eigenvalue weighted by molar-refractivity contribution is 4.53. The summed E-state index contributed by atoms with van der Waals surface area (Å²) in [5.74, 6) is 0.449. The fourth-order valence-corrected chi connectivity index (χ4v) is 0.898. The highest BCUT2D eigenvalue weighted by Crippen LogP contribution is 2.10. The molecule has 0 aromatic carbocycles. The standard InChI is InChI=1S/C8H17O/c1-3-5-6-8(4-2)7-9/h8H,3-7H2,1-2H3. The van der Waals surface area contributed by atoms with E-state index in [1.54, 1.807) is 0 Å². The van der Waals surface area contributed by atoms with Crippen molar-refractivity contribution in [2.24, 2.45) is 5.92 Å². The van der Waals surface area contributed by atoms with Gasteiger partial charge in [-0.2, -0.15) is 0 Å². The Hall–Kier alpha value is -0.0400. The molecule has 0 aliphatic rings. The SMILES string of the molecule is CCCCC(CC)C[O]. The lowest BCUT2D eigenvalue weighted by atomic mass is 10.0. The summed E-state index contributed by atoms with van der Waals surface area (Å²) in [5.41, 5.74) is 0. The monoisotopic (exact) mass is 129 g/mol. The Morgan fingerprint density at radius 1 is 1.33 bits per heavy atom. The van der Waals surface area contributed by atoms with Crippen LogP contribution in [-0.2, 0) is 5.11 Å². The van der Waals surface area contributed by atoms with E-state index in [-0.39, 0.29) is 6.61 Å². The van der Waals surface area contributed by atoms with Gasteiger partial charge in [0, 0.05) is 0 Å². The van der Waals surface area contributed by atoms with Crippen molar-refractivity contribution < 1.29 is 5.11 Å². The zero-order chi connectivity index (χ0) is 7.11. The van der Waals surface area contributed by atoms with Crippen LogP contribution in [0.2, 0.25) is 0 Å². The topological polar surface area (TPSA) is 19.9 Å². The molecule has 0 fully saturated rings. The number of unbranched alkanes of at least 4 members (excludes halogenated alkanes) is 1. The van der Waals surface area contributed by atoms with E-state index >= 15 is 0 Å². The maximum absolute atomic E-state index is 10.4. The van der Waals surface area contributed by atoms with Crippen LogP contribution in [0, 0.1) is 5.92 Å². The third kappa shape index (κ3) is 4.46. The molecule has 0 aliphatic carbocycles. The first kappa shape index (κ1) is 8.96. The minimum atomic E-state index is 0.122. The molecule has 1 atom stereocenters. The molecule has 1 heteroatoms. The van der Waals surface area contributed by atoms with Crippen LogP contribution >= 0.6 is 0 Å². The molecule has 0 amide bonds. The van der Waals surface area contributed by atoms with Gasteiger partial charge in [0.15, 0.2) is 0 Å². The van der Waals surface area contributed by atoms with Crippen LogP contribution in [0.4, 0.5) is 0 Å². The third-order valence-electron chi connectivity index (χ3n) is 1.78. The maximum Gasteiger partial charge on any atom is 0.0850 e. The fourth-order valence-electron chi connectivity index (χ4n) is 0.898. The molecule has 0 N–H and O–H groups in total. The van der Waals surface area contributed by atoms with E-state index in [9.17, 15) is 5.11 Å². The summed E-state index contributed by atoms with van der Waals surface area (Å²) in [4.78, 5) is 0. The fraction of sp³-hybridized carbons (Fsp3) is 1.00. The van der Waals surface area contributed by atoms with Gasteiger partial charge in [-0.1, -0.05) is 33.1 Å². The average molecular weight is 129 g/mol. The van der Waals surface area contributed by atoms with E-state index in [2.05, 4.69) is 13.8 Å². The Labute approximate surface area is 58.1 Å². The second-order valence-electron chi connectivity index (χ2n) is 2.58. The van der Waals surface area contributed by atoms with E-state index in [1.165, 1.54) is 12.8 Å². The second kappa shape index (κ2) is 6.09. The molecule has 0 saturated heterocycles. The van der Waals surface area contributed by atoms with Gasteiger partial charge in [0.25, 0.3) is 0 Å². The zero-order valence-electron chi connectivity index (χ0n) is 6.52. The third-order valence-corrected chi connectivity index (χ3v) is 1.78. The Morgan fingerprint density at radius 3 is 2.33 bits per heavy atom. The van der Waals surface area contributed by atoms with Gasteiger partial charge in [-0.15, -0.1) is 0 Å². The van der Waals surface area contributed by atoms with Gasteiger partial charge < -0.3 is 0 Å². The van der Waals surface area contributed by atoms with Crippen molar-refractivity contribution in [2.75, 3.05) is 6.61 Å². The Kier molecular flexibility index (Phi) is 6.06. The summed E-state index contributed by atoms with van der Waals surface area (Å²) >= 11 is 0. The van der Waals surface area contributed by atoms with Crippen molar-refractivity contribution in [3.05, 3.63) is 0 Å². The van der Waals surface area contributed by atoms with Crippen molar-refractivity contribution in [1.82, 2.24) is 0 Å². The predicted molar refractivity (Wildman–Crippen MR) is 38.9 cm³/mol. The summed E-state index contributed by atoms with van der Waals surface area (Å²) in [6, 6.07) is 0. The van der Waals surface area contributed by atoms with Gasteiger partial charge in [-0.3, -0.25) is 0 Å². The lowest BCUT2D eigenvalue weighted by Gasteiger charge is -2.07. The van der Waals surface area contributed by atoms with Crippen molar-refractivity contribution in [3.63, 3.8) is 0 Å². The first-order chi connectivity index (χ1) is 4.35. The van der Waals surface area contributed by atoms with Gasteiger partial charge in [0.05, 0.1) is 6.61 Å². The molecule has 0 bridgehead atoms. The molecule has 55 valence electrons. The predicted octanol–water partition coefficient (Wildman–Crippen LogP) is 2.63. The summed E-state index contributed by atoms with van der Waals surface area (Å²) in [6.45, 7) is 4.38. The maximum atomic E-state index is 10.4. The van der Waals surface area contributed by atoms with E-state index < -0.39 is 0 Å². The molecule has 0 aromatic heterocycles. The summed E-state index contributed by atoms with van der Waals surface area (Å²) in [6.07, 6.45) is 4.64. The average Bonchev–Trinajstić information content (AvgIpc) is 1.91. The molecule has 0 aliphatic heterocycles. The molecule has 1 unspecified atom stereocenters. The Bertz CT molecular complexity index is 48.5. The van der Waals surface area contributed by atoms with Crippen LogP contribution in [0.15, 0.2) is 0 Å². The van der Waals surface area contributed by atoms with E-state index in [0.29, 0.717) is 5.92 Å². The van der Waals surface area contributed by atoms with Crippen molar-refractivity contribution in [2.45, 2.75) is 39.5 Å². The first-order valence-electron chi connectivity index (χ1n) is 3.93. The summed E-state index contributed by atoms with van der Waals surface area (Å²) in [7, 11) is 0. The van der Waals surface area contributed by atoms with E-state index in [1.807, 2.05) is 0 Å². The first-order valence-corrected chi connectivity index (χ1v) is 3.93. The molecule has 0 heterocycles. The molecule has 1 nitrogen and oxygen atoms in total. The number of rotatable bonds is 5. The highest BCUT2D eigenvalue weighted by Gasteiger charge is 2.02. The molecule has 0 spiro atoms. The number of hydrogen-bond donors (Lipinski definition) is 0. The lowest BCUT2D eigenvalue weighted by molar-refractivity contribution is 0.135. The highest BCUT2D eigenvalue weighted by atomic mass is 16.3. The van der Waals surface area contributed by atoms with Gasteiger partial charge in [-0.25, -0.2) is 5.11 Å². The van der Waals surface area contributed by atoms with E-state index in [0.717, 1.165) is 12.8 Å².